The van der Waals surface area contributed by atoms with Crippen molar-refractivity contribution < 1.29 is 9.59 Å². The van der Waals surface area contributed by atoms with Crippen LogP contribution in [0.4, 0.5) is 5.69 Å². The highest BCUT2D eigenvalue weighted by atomic mass is 35.5. The quantitative estimate of drug-likeness (QED) is 0.810. The first kappa shape index (κ1) is 18.5. The van der Waals surface area contributed by atoms with Gasteiger partial charge in [0.2, 0.25) is 5.91 Å². The predicted molar refractivity (Wildman–Crippen MR) is 105 cm³/mol. The van der Waals surface area contributed by atoms with Crippen LogP contribution in [0.5, 0.6) is 0 Å². The highest BCUT2D eigenvalue weighted by Gasteiger charge is 2.44. The van der Waals surface area contributed by atoms with Crippen molar-refractivity contribution in [1.82, 2.24) is 4.90 Å². The molecule has 0 aromatic heterocycles. The van der Waals surface area contributed by atoms with Crippen LogP contribution in [-0.2, 0) is 4.79 Å². The zero-order valence-corrected chi connectivity index (χ0v) is 15.8. The molecular weight excluding hydrogens is 348 g/mol. The molecule has 1 fully saturated rings. The van der Waals surface area contributed by atoms with Gasteiger partial charge in [-0.05, 0) is 56.0 Å². The Morgan fingerprint density at radius 3 is 2.54 bits per heavy atom. The van der Waals surface area contributed by atoms with Gasteiger partial charge in [0.15, 0.2) is 0 Å². The summed E-state index contributed by atoms with van der Waals surface area (Å²) < 4.78 is 0. The van der Waals surface area contributed by atoms with Crippen LogP contribution < -0.4 is 5.32 Å². The van der Waals surface area contributed by atoms with Crippen molar-refractivity contribution in [3.63, 3.8) is 0 Å². The number of anilines is 1. The second-order valence-corrected chi connectivity index (χ2v) is 6.92. The number of hydrogen-bond donors (Lipinski definition) is 1. The molecule has 0 radical (unpaired) electrons. The van der Waals surface area contributed by atoms with Crippen molar-refractivity contribution in [3.05, 3.63) is 64.7 Å². The van der Waals surface area contributed by atoms with E-state index >= 15 is 0 Å². The largest absolute Gasteiger partial charge is 0.339 e. The molecule has 2 unspecified atom stereocenters. The number of carbonyl (C=O) groups excluding carboxylic acids is 2. The Hall–Kier alpha value is -2.33. The molecule has 2 aromatic rings. The minimum Gasteiger partial charge on any atom is -0.339 e. The number of nitrogens with one attached hydrogen (secondary N) is 1. The predicted octanol–water partition coefficient (Wildman–Crippen LogP) is 4.56. The third kappa shape index (κ3) is 3.91. The number of benzene rings is 2. The highest BCUT2D eigenvalue weighted by Crippen LogP contribution is 2.50. The lowest BCUT2D eigenvalue weighted by atomic mass is 10.1. The first-order valence-corrected chi connectivity index (χ1v) is 9.37. The van der Waals surface area contributed by atoms with Crippen molar-refractivity contribution in [2.75, 3.05) is 18.4 Å². The van der Waals surface area contributed by atoms with Gasteiger partial charge in [0.1, 0.15) is 0 Å². The van der Waals surface area contributed by atoms with Gasteiger partial charge in [0.25, 0.3) is 5.91 Å². The van der Waals surface area contributed by atoms with Crippen LogP contribution in [0.3, 0.4) is 0 Å². The number of amides is 2. The Balaban J connectivity index is 1.67. The lowest BCUT2D eigenvalue weighted by Gasteiger charge is -2.19. The molecule has 26 heavy (non-hydrogen) atoms. The average molecular weight is 371 g/mol. The topological polar surface area (TPSA) is 49.4 Å². The lowest BCUT2D eigenvalue weighted by Crippen LogP contribution is -2.30. The normalized spacial score (nSPS) is 18.3. The van der Waals surface area contributed by atoms with Gasteiger partial charge < -0.3 is 10.2 Å². The summed E-state index contributed by atoms with van der Waals surface area (Å²) >= 11 is 6.23. The van der Waals surface area contributed by atoms with Gasteiger partial charge in [-0.15, -0.1) is 0 Å². The maximum absolute atomic E-state index is 12.5. The van der Waals surface area contributed by atoms with Crippen molar-refractivity contribution in [1.29, 1.82) is 0 Å². The van der Waals surface area contributed by atoms with Crippen molar-refractivity contribution in [2.24, 2.45) is 5.92 Å². The Morgan fingerprint density at radius 2 is 1.85 bits per heavy atom. The van der Waals surface area contributed by atoms with E-state index in [1.54, 1.807) is 23.1 Å². The van der Waals surface area contributed by atoms with Gasteiger partial charge in [-0.2, -0.15) is 0 Å². The zero-order chi connectivity index (χ0) is 18.7. The summed E-state index contributed by atoms with van der Waals surface area (Å²) in [5.41, 5.74) is 2.27. The van der Waals surface area contributed by atoms with E-state index < -0.39 is 0 Å². The van der Waals surface area contributed by atoms with E-state index in [2.05, 4.69) is 5.32 Å². The van der Waals surface area contributed by atoms with Crippen LogP contribution in [0.2, 0.25) is 5.02 Å². The highest BCUT2D eigenvalue weighted by molar-refractivity contribution is 6.31. The SMILES string of the molecule is CCN(CC)C(=O)c1cccc(NC(=O)C2CC2c2ccccc2Cl)c1. The first-order chi connectivity index (χ1) is 12.5. The molecule has 2 aromatic carbocycles. The van der Waals surface area contributed by atoms with E-state index in [4.69, 9.17) is 11.6 Å². The smallest absolute Gasteiger partial charge is 0.253 e. The van der Waals surface area contributed by atoms with Crippen molar-refractivity contribution in [2.45, 2.75) is 26.2 Å². The molecule has 2 atom stereocenters. The maximum atomic E-state index is 12.5. The summed E-state index contributed by atoms with van der Waals surface area (Å²) in [5, 5.41) is 3.65. The third-order valence-electron chi connectivity index (χ3n) is 4.86. The Morgan fingerprint density at radius 1 is 1.12 bits per heavy atom. The summed E-state index contributed by atoms with van der Waals surface area (Å²) in [6.07, 6.45) is 0.799. The minimum absolute atomic E-state index is 0.0218. The molecule has 3 rings (SSSR count). The summed E-state index contributed by atoms with van der Waals surface area (Å²) in [5.74, 6) is 0.0510. The molecule has 1 aliphatic rings. The molecule has 1 N–H and O–H groups in total. The number of hydrogen-bond acceptors (Lipinski definition) is 2. The van der Waals surface area contributed by atoms with Gasteiger partial charge >= 0.3 is 0 Å². The van der Waals surface area contributed by atoms with Crippen LogP contribution in [0.1, 0.15) is 42.1 Å². The fourth-order valence-electron chi connectivity index (χ4n) is 3.26. The Kier molecular flexibility index (Phi) is 5.62. The summed E-state index contributed by atoms with van der Waals surface area (Å²) in [7, 11) is 0. The van der Waals surface area contributed by atoms with Crippen molar-refractivity contribution in [3.8, 4) is 0 Å². The van der Waals surface area contributed by atoms with Gasteiger partial charge in [-0.3, -0.25) is 9.59 Å². The van der Waals surface area contributed by atoms with E-state index in [1.807, 2.05) is 44.2 Å². The van der Waals surface area contributed by atoms with Crippen LogP contribution in [0, 0.1) is 5.92 Å². The van der Waals surface area contributed by atoms with Gasteiger partial charge in [0, 0.05) is 35.3 Å². The maximum Gasteiger partial charge on any atom is 0.253 e. The lowest BCUT2D eigenvalue weighted by molar-refractivity contribution is -0.117. The number of nitrogens with zero attached hydrogens (tertiary/aromatic N) is 1. The Bertz CT molecular complexity index is 817. The van der Waals surface area contributed by atoms with Crippen LogP contribution >= 0.6 is 11.6 Å². The van der Waals surface area contributed by atoms with E-state index in [0.29, 0.717) is 29.4 Å². The number of carbonyl (C=O) groups is 2. The number of rotatable bonds is 6. The van der Waals surface area contributed by atoms with Gasteiger partial charge in [-0.1, -0.05) is 35.9 Å². The van der Waals surface area contributed by atoms with Crippen LogP contribution in [-0.4, -0.2) is 29.8 Å². The molecule has 0 aliphatic heterocycles. The van der Waals surface area contributed by atoms with E-state index in [1.165, 1.54) is 0 Å². The molecule has 136 valence electrons. The molecule has 5 heteroatoms. The second-order valence-electron chi connectivity index (χ2n) is 6.52. The number of halogens is 1. The van der Waals surface area contributed by atoms with Gasteiger partial charge in [0.05, 0.1) is 0 Å². The first-order valence-electron chi connectivity index (χ1n) is 8.99. The fourth-order valence-corrected chi connectivity index (χ4v) is 3.54. The monoisotopic (exact) mass is 370 g/mol. The average Bonchev–Trinajstić information content (AvgIpc) is 3.44. The zero-order valence-electron chi connectivity index (χ0n) is 15.0. The van der Waals surface area contributed by atoms with Gasteiger partial charge in [-0.25, -0.2) is 0 Å². The van der Waals surface area contributed by atoms with Crippen LogP contribution in [0.15, 0.2) is 48.5 Å². The minimum atomic E-state index is -0.0722. The van der Waals surface area contributed by atoms with Crippen molar-refractivity contribution >= 4 is 29.1 Å². The van der Waals surface area contributed by atoms with E-state index in [9.17, 15) is 9.59 Å². The molecule has 4 nitrogen and oxygen atoms in total. The molecule has 1 aliphatic carbocycles. The molecule has 0 heterocycles. The molecule has 0 bridgehead atoms. The molecule has 0 saturated heterocycles. The molecular formula is C21H23ClN2O2. The summed E-state index contributed by atoms with van der Waals surface area (Å²) in [6.45, 7) is 5.23. The summed E-state index contributed by atoms with van der Waals surface area (Å²) in [4.78, 5) is 26.8. The molecule has 2 amide bonds. The molecule has 1 saturated carbocycles. The molecule has 0 spiro atoms. The fraction of sp³-hybridized carbons (Fsp3) is 0.333. The standard InChI is InChI=1S/C21H23ClN2O2/c1-3-24(4-2)21(26)14-8-7-9-15(12-14)23-20(25)18-13-17(18)16-10-5-6-11-19(16)22/h5-12,17-18H,3-4,13H2,1-2H3,(H,23,25). The summed E-state index contributed by atoms with van der Waals surface area (Å²) in [6, 6.07) is 14.8. The van der Waals surface area contributed by atoms with E-state index in [0.717, 1.165) is 12.0 Å². The Labute approximate surface area is 159 Å². The van der Waals surface area contributed by atoms with Crippen LogP contribution in [0.25, 0.3) is 0 Å². The van der Waals surface area contributed by atoms with E-state index in [-0.39, 0.29) is 23.7 Å². The second kappa shape index (κ2) is 7.92. The third-order valence-corrected chi connectivity index (χ3v) is 5.20.